The number of hydrogen-bond donors (Lipinski definition) is 0. The lowest BCUT2D eigenvalue weighted by Gasteiger charge is -2.16. The number of ether oxygens (including phenoxy) is 1. The van der Waals surface area contributed by atoms with Gasteiger partial charge in [0.15, 0.2) is 0 Å². The normalized spacial score (nSPS) is 13.8. The molecular weight excluding hydrogens is 264 g/mol. The molecule has 0 saturated heterocycles. The molecule has 0 spiro atoms. The van der Waals surface area contributed by atoms with Crippen LogP contribution in [0.5, 0.6) is 0 Å². The first-order valence-corrected chi connectivity index (χ1v) is 7.37. The molecule has 21 heavy (non-hydrogen) atoms. The van der Waals surface area contributed by atoms with Crippen molar-refractivity contribution in [3.05, 3.63) is 41.7 Å². The summed E-state index contributed by atoms with van der Waals surface area (Å²) in [5.41, 5.74) is 3.83. The molecule has 0 amide bonds. The van der Waals surface area contributed by atoms with Gasteiger partial charge in [-0.1, -0.05) is 18.2 Å². The zero-order valence-corrected chi connectivity index (χ0v) is 11.9. The third-order valence-electron chi connectivity index (χ3n) is 4.10. The minimum atomic E-state index is -0.335. The molecule has 106 valence electrons. The molecule has 2 aromatic heterocycles. The number of aryl methyl sites for hydroxylation is 2. The van der Waals surface area contributed by atoms with Crippen molar-refractivity contribution in [3.8, 4) is 0 Å². The van der Waals surface area contributed by atoms with Gasteiger partial charge in [-0.15, -0.1) is 0 Å². The van der Waals surface area contributed by atoms with E-state index < -0.39 is 0 Å². The van der Waals surface area contributed by atoms with Crippen molar-refractivity contribution in [2.45, 2.75) is 26.3 Å². The summed E-state index contributed by atoms with van der Waals surface area (Å²) >= 11 is 0. The lowest BCUT2D eigenvalue weighted by molar-refractivity contribution is 0.0519. The van der Waals surface area contributed by atoms with Crippen LogP contribution in [-0.2, 0) is 17.7 Å². The third-order valence-corrected chi connectivity index (χ3v) is 4.10. The molecule has 1 aromatic carbocycles. The van der Waals surface area contributed by atoms with Gasteiger partial charge < -0.3 is 9.30 Å². The van der Waals surface area contributed by atoms with E-state index in [1.54, 1.807) is 0 Å². The molecule has 1 aliphatic rings. The van der Waals surface area contributed by atoms with Crippen LogP contribution >= 0.6 is 0 Å². The lowest BCUT2D eigenvalue weighted by Crippen LogP contribution is -2.13. The Balaban J connectivity index is 2.07. The first-order valence-electron chi connectivity index (χ1n) is 7.37. The second kappa shape index (κ2) is 4.58. The van der Waals surface area contributed by atoms with Crippen LogP contribution < -0.4 is 0 Å². The van der Waals surface area contributed by atoms with E-state index in [1.165, 1.54) is 16.4 Å². The molecule has 0 atom stereocenters. The van der Waals surface area contributed by atoms with E-state index in [0.29, 0.717) is 12.3 Å². The zero-order valence-electron chi connectivity index (χ0n) is 11.9. The number of pyridine rings is 1. The Morgan fingerprint density at radius 1 is 1.33 bits per heavy atom. The Labute approximate surface area is 122 Å². The van der Waals surface area contributed by atoms with Crippen LogP contribution in [0, 0.1) is 0 Å². The third kappa shape index (κ3) is 1.75. The molecule has 0 bridgehead atoms. The highest BCUT2D eigenvalue weighted by molar-refractivity contribution is 6.10. The summed E-state index contributed by atoms with van der Waals surface area (Å²) < 4.78 is 7.43. The lowest BCUT2D eigenvalue weighted by atomic mass is 10.1. The van der Waals surface area contributed by atoms with Crippen LogP contribution in [-0.4, -0.2) is 22.1 Å². The Hall–Kier alpha value is -2.36. The standard InChI is InChI=1S/C17H16N2O2/c1-2-21-17(20)14-10-12-11-6-3-4-8-15(11)19-9-5-7-13(18-14)16(12)19/h3-4,6,8,10H,2,5,7,9H2,1H3. The molecule has 3 aromatic rings. The van der Waals surface area contributed by atoms with Crippen LogP contribution in [0.1, 0.15) is 29.5 Å². The summed E-state index contributed by atoms with van der Waals surface area (Å²) in [7, 11) is 0. The van der Waals surface area contributed by atoms with Crippen LogP contribution in [0.15, 0.2) is 30.3 Å². The van der Waals surface area contributed by atoms with Crippen molar-refractivity contribution in [3.63, 3.8) is 0 Å². The molecule has 0 N–H and O–H groups in total. The maximum Gasteiger partial charge on any atom is 0.356 e. The number of fused-ring (bicyclic) bond motifs is 3. The average molecular weight is 280 g/mol. The average Bonchev–Trinajstić information content (AvgIpc) is 2.84. The van der Waals surface area contributed by atoms with Crippen molar-refractivity contribution >= 4 is 27.8 Å². The molecule has 0 aliphatic carbocycles. The molecule has 0 radical (unpaired) electrons. The van der Waals surface area contributed by atoms with Gasteiger partial charge in [0.05, 0.1) is 17.8 Å². The van der Waals surface area contributed by atoms with Crippen LogP contribution in [0.2, 0.25) is 0 Å². The fourth-order valence-electron chi connectivity index (χ4n) is 3.28. The molecule has 4 heteroatoms. The summed E-state index contributed by atoms with van der Waals surface area (Å²) in [4.78, 5) is 16.6. The number of carbonyl (C=O) groups excluding carboxylic acids is 1. The summed E-state index contributed by atoms with van der Waals surface area (Å²) in [6, 6.07) is 10.2. The first kappa shape index (κ1) is 12.4. The Bertz CT molecular complexity index is 864. The number of esters is 1. The maximum atomic E-state index is 12.0. The maximum absolute atomic E-state index is 12.0. The second-order valence-corrected chi connectivity index (χ2v) is 5.34. The molecule has 0 unspecified atom stereocenters. The topological polar surface area (TPSA) is 44.1 Å². The van der Waals surface area contributed by atoms with Gasteiger partial charge in [-0.25, -0.2) is 9.78 Å². The van der Waals surface area contributed by atoms with E-state index in [2.05, 4.69) is 27.8 Å². The predicted octanol–water partition coefficient (Wildman–Crippen LogP) is 3.31. The van der Waals surface area contributed by atoms with Gasteiger partial charge in [-0.05, 0) is 31.9 Å². The summed E-state index contributed by atoms with van der Waals surface area (Å²) in [5, 5.41) is 2.29. The highest BCUT2D eigenvalue weighted by Gasteiger charge is 2.21. The van der Waals surface area contributed by atoms with E-state index in [-0.39, 0.29) is 5.97 Å². The van der Waals surface area contributed by atoms with Gasteiger partial charge in [0.1, 0.15) is 5.69 Å². The van der Waals surface area contributed by atoms with Crippen molar-refractivity contribution in [1.82, 2.24) is 9.55 Å². The van der Waals surface area contributed by atoms with Gasteiger partial charge in [-0.3, -0.25) is 0 Å². The molecule has 4 nitrogen and oxygen atoms in total. The van der Waals surface area contributed by atoms with E-state index in [4.69, 9.17) is 4.74 Å². The molecule has 1 aliphatic heterocycles. The van der Waals surface area contributed by atoms with E-state index >= 15 is 0 Å². The largest absolute Gasteiger partial charge is 0.461 e. The van der Waals surface area contributed by atoms with Crippen molar-refractivity contribution in [2.75, 3.05) is 6.61 Å². The molecule has 3 heterocycles. The van der Waals surface area contributed by atoms with Crippen LogP contribution in [0.4, 0.5) is 0 Å². The number of hydrogen-bond acceptors (Lipinski definition) is 3. The van der Waals surface area contributed by atoms with Gasteiger partial charge in [0.25, 0.3) is 0 Å². The minimum absolute atomic E-state index is 0.335. The van der Waals surface area contributed by atoms with Gasteiger partial charge in [0.2, 0.25) is 0 Å². The number of nitrogens with zero attached hydrogens (tertiary/aromatic N) is 2. The molecule has 0 saturated carbocycles. The molecule has 0 fully saturated rings. The smallest absolute Gasteiger partial charge is 0.356 e. The summed E-state index contributed by atoms with van der Waals surface area (Å²) in [5.74, 6) is -0.335. The molecule has 4 rings (SSSR count). The van der Waals surface area contributed by atoms with Crippen molar-refractivity contribution in [1.29, 1.82) is 0 Å². The summed E-state index contributed by atoms with van der Waals surface area (Å²) in [6.07, 6.45) is 1.97. The van der Waals surface area contributed by atoms with E-state index in [0.717, 1.165) is 30.5 Å². The highest BCUT2D eigenvalue weighted by Crippen LogP contribution is 2.34. The second-order valence-electron chi connectivity index (χ2n) is 5.34. The van der Waals surface area contributed by atoms with E-state index in [9.17, 15) is 4.79 Å². The predicted molar refractivity (Wildman–Crippen MR) is 81.5 cm³/mol. The zero-order chi connectivity index (χ0) is 14.4. The fraction of sp³-hybridized carbons (Fsp3) is 0.294. The number of carbonyl (C=O) groups is 1. The summed E-state index contributed by atoms with van der Waals surface area (Å²) in [6.45, 7) is 3.19. The number of para-hydroxylation sites is 1. The van der Waals surface area contributed by atoms with Crippen molar-refractivity contribution < 1.29 is 9.53 Å². The number of rotatable bonds is 2. The Morgan fingerprint density at radius 2 is 2.19 bits per heavy atom. The SMILES string of the molecule is CCOC(=O)c1cc2c3ccccc3n3c2c(n1)CCC3. The first-order chi connectivity index (χ1) is 10.3. The molecular formula is C17H16N2O2. The van der Waals surface area contributed by atoms with Crippen LogP contribution in [0.25, 0.3) is 21.8 Å². The van der Waals surface area contributed by atoms with Gasteiger partial charge in [0, 0.05) is 22.8 Å². The Morgan fingerprint density at radius 3 is 3.05 bits per heavy atom. The number of benzene rings is 1. The highest BCUT2D eigenvalue weighted by atomic mass is 16.5. The van der Waals surface area contributed by atoms with Crippen molar-refractivity contribution in [2.24, 2.45) is 0 Å². The minimum Gasteiger partial charge on any atom is -0.461 e. The number of aromatic nitrogens is 2. The monoisotopic (exact) mass is 280 g/mol. The quantitative estimate of drug-likeness (QED) is 0.676. The van der Waals surface area contributed by atoms with Crippen LogP contribution in [0.3, 0.4) is 0 Å². The fourth-order valence-corrected chi connectivity index (χ4v) is 3.28. The van der Waals surface area contributed by atoms with Gasteiger partial charge >= 0.3 is 5.97 Å². The van der Waals surface area contributed by atoms with Gasteiger partial charge in [-0.2, -0.15) is 0 Å². The Kier molecular flexibility index (Phi) is 2.70. The van der Waals surface area contributed by atoms with E-state index in [1.807, 2.05) is 19.1 Å².